The number of nitrogens with two attached hydrogens (primary N) is 1. The molecular weight excluding hydrogens is 381 g/mol. The van der Waals surface area contributed by atoms with Crippen LogP contribution in [-0.4, -0.2) is 42.6 Å². The predicted octanol–water partition coefficient (Wildman–Crippen LogP) is 2.36. The molecule has 150 valence electrons. The first-order valence-corrected chi connectivity index (χ1v) is 7.83. The Morgan fingerprint density at radius 1 is 1.29 bits per heavy atom. The molecule has 0 bridgehead atoms. The number of hydrogen-bond donors (Lipinski definition) is 1. The quantitative estimate of drug-likeness (QED) is 0.433. The molecule has 1 aromatic carbocycles. The standard InChI is InChI=1S/C17H17F3N4O4/c1-26-9-13(12(7-21)15(25)27-2)22-8-10-3-5-11(6-4-10)14-23-16(28-24-14)17(18,19)20/h3-7H,8-9,21H2,1-2H3. The van der Waals surface area contributed by atoms with Gasteiger partial charge < -0.3 is 19.7 Å². The van der Waals surface area contributed by atoms with Gasteiger partial charge in [-0.1, -0.05) is 29.4 Å². The van der Waals surface area contributed by atoms with Gasteiger partial charge in [-0.3, -0.25) is 4.99 Å². The van der Waals surface area contributed by atoms with E-state index in [-0.39, 0.29) is 24.5 Å². The second kappa shape index (κ2) is 9.13. The molecule has 0 amide bonds. The molecule has 2 aromatic rings. The third kappa shape index (κ3) is 5.16. The van der Waals surface area contributed by atoms with Gasteiger partial charge in [0, 0.05) is 18.9 Å². The SMILES string of the molecule is COCC(=NCc1ccc(-c2noc(C(F)(F)F)n2)cc1)C(=CN)C(=O)OC. The van der Waals surface area contributed by atoms with Gasteiger partial charge in [0.2, 0.25) is 5.82 Å². The van der Waals surface area contributed by atoms with Crippen LogP contribution in [0.2, 0.25) is 0 Å². The average molecular weight is 398 g/mol. The van der Waals surface area contributed by atoms with E-state index < -0.39 is 18.0 Å². The number of esters is 1. The van der Waals surface area contributed by atoms with Crippen molar-refractivity contribution in [1.82, 2.24) is 10.1 Å². The number of hydrogen-bond acceptors (Lipinski definition) is 8. The van der Waals surface area contributed by atoms with Crippen molar-refractivity contribution in [2.45, 2.75) is 12.7 Å². The zero-order valence-corrected chi connectivity index (χ0v) is 15.0. The Morgan fingerprint density at radius 2 is 1.96 bits per heavy atom. The number of carbonyl (C=O) groups is 1. The first kappa shape index (κ1) is 21.1. The van der Waals surface area contributed by atoms with Crippen LogP contribution in [0.4, 0.5) is 13.2 Å². The summed E-state index contributed by atoms with van der Waals surface area (Å²) in [5.74, 6) is -2.24. The van der Waals surface area contributed by atoms with Crippen LogP contribution in [0, 0.1) is 0 Å². The summed E-state index contributed by atoms with van der Waals surface area (Å²) < 4.78 is 51.5. The summed E-state index contributed by atoms with van der Waals surface area (Å²) in [4.78, 5) is 19.4. The van der Waals surface area contributed by atoms with Crippen LogP contribution in [-0.2, 0) is 27.0 Å². The van der Waals surface area contributed by atoms with Gasteiger partial charge >= 0.3 is 18.0 Å². The highest BCUT2D eigenvalue weighted by molar-refractivity contribution is 6.20. The molecule has 1 heterocycles. The van der Waals surface area contributed by atoms with Crippen molar-refractivity contribution in [1.29, 1.82) is 0 Å². The van der Waals surface area contributed by atoms with E-state index in [1.165, 1.54) is 26.4 Å². The number of nitrogens with zero attached hydrogens (tertiary/aromatic N) is 3. The van der Waals surface area contributed by atoms with Gasteiger partial charge in [0.15, 0.2) is 0 Å². The smallest absolute Gasteiger partial charge is 0.465 e. The highest BCUT2D eigenvalue weighted by Gasteiger charge is 2.38. The predicted molar refractivity (Wildman–Crippen MR) is 92.0 cm³/mol. The average Bonchev–Trinajstić information content (AvgIpc) is 3.17. The summed E-state index contributed by atoms with van der Waals surface area (Å²) >= 11 is 0. The molecule has 0 aliphatic heterocycles. The van der Waals surface area contributed by atoms with Crippen LogP contribution in [0.1, 0.15) is 11.5 Å². The molecule has 0 spiro atoms. The Kier molecular flexibility index (Phi) is 6.88. The lowest BCUT2D eigenvalue weighted by Gasteiger charge is -2.08. The van der Waals surface area contributed by atoms with Gasteiger partial charge in [-0.15, -0.1) is 0 Å². The third-order valence-corrected chi connectivity index (χ3v) is 3.50. The largest absolute Gasteiger partial charge is 0.471 e. The lowest BCUT2D eigenvalue weighted by atomic mass is 10.1. The van der Waals surface area contributed by atoms with Crippen LogP contribution >= 0.6 is 0 Å². The van der Waals surface area contributed by atoms with E-state index in [0.717, 1.165) is 11.8 Å². The number of aromatic nitrogens is 2. The van der Waals surface area contributed by atoms with E-state index in [9.17, 15) is 18.0 Å². The van der Waals surface area contributed by atoms with Crippen LogP contribution in [0.5, 0.6) is 0 Å². The number of alkyl halides is 3. The minimum Gasteiger partial charge on any atom is -0.465 e. The summed E-state index contributed by atoms with van der Waals surface area (Å²) in [7, 11) is 2.66. The molecule has 0 saturated carbocycles. The highest BCUT2D eigenvalue weighted by atomic mass is 19.4. The fourth-order valence-corrected chi connectivity index (χ4v) is 2.14. The zero-order chi connectivity index (χ0) is 20.7. The number of methoxy groups -OCH3 is 2. The fraction of sp³-hybridized carbons (Fsp3) is 0.294. The normalized spacial score (nSPS) is 12.9. The number of aliphatic imine (C=N–C) groups is 1. The van der Waals surface area contributed by atoms with Gasteiger partial charge in [0.1, 0.15) is 0 Å². The molecule has 0 radical (unpaired) electrons. The molecule has 0 saturated heterocycles. The van der Waals surface area contributed by atoms with Crippen molar-refractivity contribution in [2.24, 2.45) is 10.7 Å². The van der Waals surface area contributed by atoms with Crippen LogP contribution in [0.15, 0.2) is 45.6 Å². The van der Waals surface area contributed by atoms with Gasteiger partial charge in [0.25, 0.3) is 0 Å². The molecule has 11 heteroatoms. The number of halogens is 3. The summed E-state index contributed by atoms with van der Waals surface area (Å²) in [6, 6.07) is 6.34. The maximum Gasteiger partial charge on any atom is 0.471 e. The third-order valence-electron chi connectivity index (χ3n) is 3.50. The molecule has 0 fully saturated rings. The lowest BCUT2D eigenvalue weighted by Crippen LogP contribution is -2.20. The monoisotopic (exact) mass is 398 g/mol. The Labute approximate surface area is 157 Å². The molecule has 1 aromatic heterocycles. The van der Waals surface area contributed by atoms with Crippen molar-refractivity contribution in [3.8, 4) is 11.4 Å². The minimum atomic E-state index is -4.70. The van der Waals surface area contributed by atoms with Crippen molar-refractivity contribution in [3.05, 3.63) is 47.5 Å². The van der Waals surface area contributed by atoms with Crippen LogP contribution in [0.25, 0.3) is 11.4 Å². The van der Waals surface area contributed by atoms with Crippen LogP contribution < -0.4 is 5.73 Å². The molecule has 0 aliphatic rings. The van der Waals surface area contributed by atoms with Crippen LogP contribution in [0.3, 0.4) is 0 Å². The zero-order valence-electron chi connectivity index (χ0n) is 15.0. The Balaban J connectivity index is 2.17. The summed E-state index contributed by atoms with van der Waals surface area (Å²) in [5.41, 5.74) is 6.91. The molecule has 8 nitrogen and oxygen atoms in total. The molecule has 0 aliphatic carbocycles. The van der Waals surface area contributed by atoms with E-state index in [2.05, 4.69) is 24.4 Å². The molecular formula is C17H17F3N4O4. The fourth-order valence-electron chi connectivity index (χ4n) is 2.14. The second-order valence-electron chi connectivity index (χ2n) is 5.39. The molecule has 0 unspecified atom stereocenters. The maximum atomic E-state index is 12.5. The van der Waals surface area contributed by atoms with Crippen molar-refractivity contribution in [3.63, 3.8) is 0 Å². The second-order valence-corrected chi connectivity index (χ2v) is 5.39. The number of benzene rings is 1. The maximum absolute atomic E-state index is 12.5. The molecule has 0 atom stereocenters. The van der Waals surface area contributed by atoms with E-state index in [1.54, 1.807) is 12.1 Å². The number of carbonyl (C=O) groups excluding carboxylic acids is 1. The number of ether oxygens (including phenoxy) is 2. The van der Waals surface area contributed by atoms with Gasteiger partial charge in [-0.25, -0.2) is 4.79 Å². The summed E-state index contributed by atoms with van der Waals surface area (Å²) in [6.07, 6.45) is -3.62. The minimum absolute atomic E-state index is 0.0410. The Hall–Kier alpha value is -3.21. The Bertz CT molecular complexity index is 873. The first-order chi connectivity index (χ1) is 13.3. The first-order valence-electron chi connectivity index (χ1n) is 7.83. The highest BCUT2D eigenvalue weighted by Crippen LogP contribution is 2.29. The van der Waals surface area contributed by atoms with Crippen molar-refractivity contribution >= 4 is 11.7 Å². The van der Waals surface area contributed by atoms with Gasteiger partial charge in [0.05, 0.1) is 31.5 Å². The molecule has 2 N–H and O–H groups in total. The lowest BCUT2D eigenvalue weighted by molar-refractivity contribution is -0.159. The Morgan fingerprint density at radius 3 is 2.46 bits per heavy atom. The molecule has 2 rings (SSSR count). The van der Waals surface area contributed by atoms with E-state index in [4.69, 9.17) is 10.5 Å². The van der Waals surface area contributed by atoms with E-state index in [1.807, 2.05) is 0 Å². The van der Waals surface area contributed by atoms with Crippen molar-refractivity contribution < 1.29 is 32.0 Å². The van der Waals surface area contributed by atoms with Gasteiger partial charge in [-0.05, 0) is 5.56 Å². The number of rotatable bonds is 7. The van der Waals surface area contributed by atoms with Crippen molar-refractivity contribution in [2.75, 3.05) is 20.8 Å². The molecule has 28 heavy (non-hydrogen) atoms. The van der Waals surface area contributed by atoms with E-state index in [0.29, 0.717) is 11.3 Å². The summed E-state index contributed by atoms with van der Waals surface area (Å²) in [6.45, 7) is 0.215. The van der Waals surface area contributed by atoms with Gasteiger partial charge in [-0.2, -0.15) is 18.2 Å². The summed E-state index contributed by atoms with van der Waals surface area (Å²) in [5, 5.41) is 3.32. The van der Waals surface area contributed by atoms with E-state index >= 15 is 0 Å². The topological polar surface area (TPSA) is 113 Å².